The van der Waals surface area contributed by atoms with Gasteiger partial charge in [0, 0.05) is 12.1 Å². The summed E-state index contributed by atoms with van der Waals surface area (Å²) in [6.45, 7) is 1.55. The summed E-state index contributed by atoms with van der Waals surface area (Å²) in [4.78, 5) is 23.2. The molecular formula is C16H14O5. The minimum Gasteiger partial charge on any atom is -0.497 e. The van der Waals surface area contributed by atoms with E-state index in [-0.39, 0.29) is 11.5 Å². The molecule has 0 radical (unpaired) electrons. The Hall–Kier alpha value is -2.82. The molecule has 0 aliphatic carbocycles. The topological polar surface area (TPSA) is 65.7 Å². The van der Waals surface area contributed by atoms with Crippen LogP contribution >= 0.6 is 0 Å². The summed E-state index contributed by atoms with van der Waals surface area (Å²) in [5, 5.41) is 0. The van der Waals surface area contributed by atoms with E-state index in [1.165, 1.54) is 18.4 Å². The van der Waals surface area contributed by atoms with Crippen molar-refractivity contribution in [2.24, 2.45) is 0 Å². The lowest BCUT2D eigenvalue weighted by molar-refractivity contribution is -0.129. The van der Waals surface area contributed by atoms with E-state index in [1.807, 2.05) is 0 Å². The number of benzene rings is 1. The molecule has 2 aromatic rings. The minimum atomic E-state index is -0.646. The van der Waals surface area contributed by atoms with Crippen molar-refractivity contribution in [3.05, 3.63) is 64.2 Å². The van der Waals surface area contributed by atoms with E-state index in [4.69, 9.17) is 13.9 Å². The average Bonchev–Trinajstić information content (AvgIpc) is 2.49. The van der Waals surface area contributed by atoms with Crippen LogP contribution in [0.4, 0.5) is 0 Å². The predicted molar refractivity (Wildman–Crippen MR) is 77.4 cm³/mol. The molecule has 0 atom stereocenters. The molecule has 0 aliphatic rings. The van der Waals surface area contributed by atoms with Gasteiger partial charge in [-0.05, 0) is 30.7 Å². The first-order chi connectivity index (χ1) is 10.1. The summed E-state index contributed by atoms with van der Waals surface area (Å²) < 4.78 is 15.0. The van der Waals surface area contributed by atoms with E-state index in [9.17, 15) is 9.59 Å². The van der Waals surface area contributed by atoms with E-state index in [0.717, 1.165) is 11.3 Å². The molecule has 0 bridgehead atoms. The number of rotatable bonds is 4. The van der Waals surface area contributed by atoms with Crippen molar-refractivity contribution in [2.45, 2.75) is 6.92 Å². The second kappa shape index (κ2) is 6.56. The van der Waals surface area contributed by atoms with Crippen LogP contribution in [0.5, 0.6) is 11.5 Å². The number of carbonyl (C=O) groups is 1. The van der Waals surface area contributed by atoms with Crippen molar-refractivity contribution in [2.75, 3.05) is 7.11 Å². The predicted octanol–water partition coefficient (Wildman–Crippen LogP) is 2.58. The van der Waals surface area contributed by atoms with Crippen LogP contribution in [0.15, 0.2) is 51.9 Å². The van der Waals surface area contributed by atoms with Gasteiger partial charge in [-0.1, -0.05) is 12.1 Å². The van der Waals surface area contributed by atoms with Crippen molar-refractivity contribution in [1.82, 2.24) is 0 Å². The molecule has 0 saturated carbocycles. The number of hydrogen-bond donors (Lipinski definition) is 0. The fraction of sp³-hybridized carbons (Fsp3) is 0.125. The van der Waals surface area contributed by atoms with Crippen LogP contribution in [0, 0.1) is 6.92 Å². The van der Waals surface area contributed by atoms with Crippen LogP contribution in [-0.4, -0.2) is 13.1 Å². The summed E-state index contributed by atoms with van der Waals surface area (Å²) in [5.74, 6) is 0.246. The Morgan fingerprint density at radius 1 is 1.19 bits per heavy atom. The van der Waals surface area contributed by atoms with E-state index in [2.05, 4.69) is 0 Å². The van der Waals surface area contributed by atoms with Gasteiger partial charge in [0.05, 0.1) is 13.4 Å². The van der Waals surface area contributed by atoms with Gasteiger partial charge in [0.2, 0.25) is 11.2 Å². The highest BCUT2D eigenvalue weighted by Crippen LogP contribution is 2.13. The smallest absolute Gasteiger partial charge is 0.336 e. The Morgan fingerprint density at radius 2 is 1.90 bits per heavy atom. The van der Waals surface area contributed by atoms with Crippen molar-refractivity contribution in [1.29, 1.82) is 0 Å². The Balaban J connectivity index is 2.07. The van der Waals surface area contributed by atoms with E-state index < -0.39 is 11.4 Å². The third-order valence-electron chi connectivity index (χ3n) is 2.74. The molecule has 0 saturated heterocycles. The molecule has 0 fully saturated rings. The maximum atomic E-state index is 11.7. The number of ether oxygens (including phenoxy) is 2. The van der Waals surface area contributed by atoms with Gasteiger partial charge in [0.1, 0.15) is 11.5 Å². The van der Waals surface area contributed by atoms with Gasteiger partial charge < -0.3 is 13.9 Å². The van der Waals surface area contributed by atoms with Crippen molar-refractivity contribution in [3.8, 4) is 11.5 Å². The van der Waals surface area contributed by atoms with Gasteiger partial charge in [-0.15, -0.1) is 0 Å². The first-order valence-corrected chi connectivity index (χ1v) is 6.22. The van der Waals surface area contributed by atoms with Crippen LogP contribution in [0.25, 0.3) is 6.08 Å². The largest absolute Gasteiger partial charge is 0.497 e. The molecule has 0 spiro atoms. The number of aryl methyl sites for hydroxylation is 1. The number of carbonyl (C=O) groups excluding carboxylic acids is 1. The maximum Gasteiger partial charge on any atom is 0.336 e. The zero-order chi connectivity index (χ0) is 15.2. The second-order valence-corrected chi connectivity index (χ2v) is 4.20. The van der Waals surface area contributed by atoms with Crippen LogP contribution in [0.2, 0.25) is 0 Å². The van der Waals surface area contributed by atoms with Gasteiger partial charge in [0.25, 0.3) is 0 Å². The molecule has 0 N–H and O–H groups in total. The third-order valence-corrected chi connectivity index (χ3v) is 2.74. The molecular weight excluding hydrogens is 272 g/mol. The van der Waals surface area contributed by atoms with Gasteiger partial charge >= 0.3 is 5.97 Å². The van der Waals surface area contributed by atoms with Crippen molar-refractivity contribution < 1.29 is 18.7 Å². The molecule has 1 aromatic heterocycles. The molecule has 0 aliphatic heterocycles. The summed E-state index contributed by atoms with van der Waals surface area (Å²) in [5.41, 5.74) is 0.412. The fourth-order valence-corrected chi connectivity index (χ4v) is 1.64. The molecule has 21 heavy (non-hydrogen) atoms. The van der Waals surface area contributed by atoms with Gasteiger partial charge in [-0.25, -0.2) is 4.79 Å². The average molecular weight is 286 g/mol. The molecule has 1 heterocycles. The first kappa shape index (κ1) is 14.6. The highest BCUT2D eigenvalue weighted by molar-refractivity contribution is 5.88. The SMILES string of the molecule is COc1ccc(C=CC(=O)Oc2c(C)occc2=O)cc1. The van der Waals surface area contributed by atoms with E-state index in [1.54, 1.807) is 44.4 Å². The Kier molecular flexibility index (Phi) is 4.56. The van der Waals surface area contributed by atoms with Crippen molar-refractivity contribution in [3.63, 3.8) is 0 Å². The minimum absolute atomic E-state index is 0.0955. The molecule has 0 unspecified atom stereocenters. The summed E-state index contributed by atoms with van der Waals surface area (Å²) in [7, 11) is 1.58. The zero-order valence-electron chi connectivity index (χ0n) is 11.7. The Morgan fingerprint density at radius 3 is 2.52 bits per heavy atom. The van der Waals surface area contributed by atoms with Crippen LogP contribution in [0.1, 0.15) is 11.3 Å². The number of esters is 1. The van der Waals surface area contributed by atoms with Crippen LogP contribution in [0.3, 0.4) is 0 Å². The van der Waals surface area contributed by atoms with Crippen LogP contribution < -0.4 is 14.9 Å². The number of methoxy groups -OCH3 is 1. The molecule has 108 valence electrons. The molecule has 5 nitrogen and oxygen atoms in total. The van der Waals surface area contributed by atoms with Gasteiger partial charge in [-0.3, -0.25) is 4.79 Å². The normalized spacial score (nSPS) is 10.6. The summed E-state index contributed by atoms with van der Waals surface area (Å²) in [6.07, 6.45) is 4.08. The summed E-state index contributed by atoms with van der Waals surface area (Å²) >= 11 is 0. The molecule has 1 aromatic carbocycles. The highest BCUT2D eigenvalue weighted by atomic mass is 16.5. The lowest BCUT2D eigenvalue weighted by Crippen LogP contribution is -2.13. The lowest BCUT2D eigenvalue weighted by atomic mass is 10.2. The van der Waals surface area contributed by atoms with Gasteiger partial charge in [0.15, 0.2) is 0 Å². The van der Waals surface area contributed by atoms with Crippen molar-refractivity contribution >= 4 is 12.0 Å². The fourth-order valence-electron chi connectivity index (χ4n) is 1.64. The number of hydrogen-bond acceptors (Lipinski definition) is 5. The maximum absolute atomic E-state index is 11.7. The summed E-state index contributed by atoms with van der Waals surface area (Å²) in [6, 6.07) is 8.35. The Labute approximate surface area is 121 Å². The Bertz CT molecular complexity index is 710. The third kappa shape index (κ3) is 3.82. The zero-order valence-corrected chi connectivity index (χ0v) is 11.7. The first-order valence-electron chi connectivity index (χ1n) is 6.22. The molecule has 0 amide bonds. The molecule has 2 rings (SSSR count). The van der Waals surface area contributed by atoms with Crippen LogP contribution in [-0.2, 0) is 4.79 Å². The lowest BCUT2D eigenvalue weighted by Gasteiger charge is -2.02. The van der Waals surface area contributed by atoms with E-state index in [0.29, 0.717) is 0 Å². The second-order valence-electron chi connectivity index (χ2n) is 4.20. The quantitative estimate of drug-likeness (QED) is 0.638. The molecule has 5 heteroatoms. The highest BCUT2D eigenvalue weighted by Gasteiger charge is 2.09. The standard InChI is InChI=1S/C16H14O5/c1-11-16(14(17)9-10-20-11)21-15(18)8-5-12-3-6-13(19-2)7-4-12/h3-10H,1-2H3. The van der Waals surface area contributed by atoms with Gasteiger partial charge in [-0.2, -0.15) is 0 Å². The monoisotopic (exact) mass is 286 g/mol. The van der Waals surface area contributed by atoms with E-state index >= 15 is 0 Å².